The second-order valence-electron chi connectivity index (χ2n) is 5.47. The summed E-state index contributed by atoms with van der Waals surface area (Å²) in [5.74, 6) is 1.47. The van der Waals surface area contributed by atoms with E-state index >= 15 is 0 Å². The van der Waals surface area contributed by atoms with E-state index in [-0.39, 0.29) is 0 Å². The molecular weight excluding hydrogens is 262 g/mol. The van der Waals surface area contributed by atoms with E-state index in [1.807, 2.05) is 12.1 Å². The molecular formula is C13H16ClN5. The zero-order valence-corrected chi connectivity index (χ0v) is 11.3. The molecule has 0 radical (unpaired) electrons. The summed E-state index contributed by atoms with van der Waals surface area (Å²) >= 11 is 5.96. The Labute approximate surface area is 116 Å². The van der Waals surface area contributed by atoms with E-state index in [2.05, 4.69) is 20.3 Å². The van der Waals surface area contributed by atoms with Gasteiger partial charge in [-0.25, -0.2) is 4.52 Å². The highest BCUT2D eigenvalue weighted by atomic mass is 35.5. The molecule has 3 aliphatic heterocycles. The number of nitrogens with zero attached hydrogens (tertiary/aromatic N) is 4. The van der Waals surface area contributed by atoms with Crippen molar-refractivity contribution in [3.8, 4) is 0 Å². The fourth-order valence-electron chi connectivity index (χ4n) is 3.21. The summed E-state index contributed by atoms with van der Waals surface area (Å²) in [6.45, 7) is 3.61. The first-order valence-electron chi connectivity index (χ1n) is 6.79. The molecule has 1 unspecified atom stereocenters. The number of nitrogens with one attached hydrogen (secondary N) is 1. The van der Waals surface area contributed by atoms with Crippen LogP contribution in [0.3, 0.4) is 0 Å². The normalized spacial score (nSPS) is 29.8. The summed E-state index contributed by atoms with van der Waals surface area (Å²) in [6.07, 6.45) is 4.36. The van der Waals surface area contributed by atoms with Gasteiger partial charge < -0.3 is 10.2 Å². The van der Waals surface area contributed by atoms with Crippen LogP contribution in [-0.2, 0) is 0 Å². The maximum Gasteiger partial charge on any atom is 0.243 e. The van der Waals surface area contributed by atoms with Crippen molar-refractivity contribution in [2.24, 2.45) is 5.92 Å². The Morgan fingerprint density at radius 1 is 1.26 bits per heavy atom. The van der Waals surface area contributed by atoms with Crippen LogP contribution in [0, 0.1) is 5.92 Å². The van der Waals surface area contributed by atoms with Crippen LogP contribution < -0.4 is 5.32 Å². The van der Waals surface area contributed by atoms with Crippen LogP contribution in [0.5, 0.6) is 0 Å². The molecule has 0 aliphatic carbocycles. The Kier molecular flexibility index (Phi) is 2.63. The van der Waals surface area contributed by atoms with Gasteiger partial charge in [-0.05, 0) is 44.0 Å². The van der Waals surface area contributed by atoms with Gasteiger partial charge in [-0.1, -0.05) is 11.6 Å². The number of hydrogen-bond donors (Lipinski definition) is 1. The summed E-state index contributed by atoms with van der Waals surface area (Å²) in [5.41, 5.74) is 0.827. The lowest BCUT2D eigenvalue weighted by Crippen LogP contribution is -2.53. The van der Waals surface area contributed by atoms with E-state index in [9.17, 15) is 0 Å². The Morgan fingerprint density at radius 3 is 2.84 bits per heavy atom. The number of piperidine rings is 3. The van der Waals surface area contributed by atoms with Crippen molar-refractivity contribution in [2.45, 2.75) is 18.9 Å². The zero-order chi connectivity index (χ0) is 12.8. The van der Waals surface area contributed by atoms with Gasteiger partial charge in [0, 0.05) is 18.8 Å². The minimum Gasteiger partial charge on any atom is -0.349 e. The maximum absolute atomic E-state index is 5.96. The minimum absolute atomic E-state index is 0.482. The number of aromatic nitrogens is 3. The fourth-order valence-corrected chi connectivity index (χ4v) is 3.37. The van der Waals surface area contributed by atoms with Gasteiger partial charge in [0.15, 0.2) is 5.65 Å². The molecule has 19 heavy (non-hydrogen) atoms. The number of hydrogen-bond acceptors (Lipinski definition) is 4. The largest absolute Gasteiger partial charge is 0.349 e. The van der Waals surface area contributed by atoms with E-state index in [1.165, 1.54) is 25.9 Å². The first-order chi connectivity index (χ1) is 9.28. The van der Waals surface area contributed by atoms with Gasteiger partial charge in [-0.15, -0.1) is 5.10 Å². The van der Waals surface area contributed by atoms with Crippen molar-refractivity contribution in [1.29, 1.82) is 0 Å². The van der Waals surface area contributed by atoms with Crippen LogP contribution >= 0.6 is 11.6 Å². The first kappa shape index (κ1) is 11.5. The van der Waals surface area contributed by atoms with Gasteiger partial charge in [0.05, 0.1) is 5.02 Å². The van der Waals surface area contributed by atoms with Gasteiger partial charge >= 0.3 is 0 Å². The third-order valence-electron chi connectivity index (χ3n) is 4.27. The average molecular weight is 278 g/mol. The topological polar surface area (TPSA) is 45.5 Å². The van der Waals surface area contributed by atoms with Gasteiger partial charge in [0.1, 0.15) is 0 Å². The minimum atomic E-state index is 0.482. The second-order valence-corrected chi connectivity index (χ2v) is 5.91. The summed E-state index contributed by atoms with van der Waals surface area (Å²) in [7, 11) is 0. The fraction of sp³-hybridized carbons (Fsp3) is 0.538. The van der Waals surface area contributed by atoms with E-state index < -0.39 is 0 Å². The third-order valence-corrected chi connectivity index (χ3v) is 4.49. The van der Waals surface area contributed by atoms with E-state index in [1.54, 1.807) is 10.7 Å². The molecule has 2 aromatic rings. The molecule has 1 atom stereocenters. The SMILES string of the molecule is Clc1ccc2nc(NC3CN4CCC3CC4)nn2c1. The Bertz CT molecular complexity index is 602. The third kappa shape index (κ3) is 2.07. The summed E-state index contributed by atoms with van der Waals surface area (Å²) in [4.78, 5) is 7.01. The molecule has 3 aliphatic rings. The van der Waals surface area contributed by atoms with E-state index in [0.29, 0.717) is 17.0 Å². The Morgan fingerprint density at radius 2 is 2.11 bits per heavy atom. The van der Waals surface area contributed by atoms with Gasteiger partial charge in [0.25, 0.3) is 0 Å². The lowest BCUT2D eigenvalue weighted by molar-refractivity contribution is 0.0972. The molecule has 0 amide bonds. The summed E-state index contributed by atoms with van der Waals surface area (Å²) < 4.78 is 1.73. The molecule has 5 heterocycles. The molecule has 0 saturated carbocycles. The standard InChI is InChI=1S/C13H16ClN5/c14-10-1-2-12-16-13(17-19(12)7-10)15-11-8-18-5-3-9(11)4-6-18/h1-2,7,9,11H,3-6,8H2,(H,15,17). The molecule has 100 valence electrons. The van der Waals surface area contributed by atoms with E-state index in [4.69, 9.17) is 11.6 Å². The highest BCUT2D eigenvalue weighted by molar-refractivity contribution is 6.30. The second kappa shape index (κ2) is 4.35. The van der Waals surface area contributed by atoms with Crippen molar-refractivity contribution in [3.05, 3.63) is 23.4 Å². The van der Waals surface area contributed by atoms with Crippen LogP contribution in [0.4, 0.5) is 5.95 Å². The first-order valence-corrected chi connectivity index (χ1v) is 7.16. The Hall–Kier alpha value is -1.33. The quantitative estimate of drug-likeness (QED) is 0.911. The van der Waals surface area contributed by atoms with Crippen molar-refractivity contribution >= 4 is 23.2 Å². The molecule has 3 fully saturated rings. The average Bonchev–Trinajstić information content (AvgIpc) is 2.81. The summed E-state index contributed by atoms with van der Waals surface area (Å²) in [5, 5.41) is 8.61. The molecule has 0 spiro atoms. The van der Waals surface area contributed by atoms with Crippen LogP contribution in [-0.4, -0.2) is 45.2 Å². The van der Waals surface area contributed by atoms with Crippen molar-refractivity contribution in [2.75, 3.05) is 25.0 Å². The zero-order valence-electron chi connectivity index (χ0n) is 10.6. The van der Waals surface area contributed by atoms with E-state index in [0.717, 1.165) is 18.1 Å². The molecule has 2 bridgehead atoms. The van der Waals surface area contributed by atoms with Crippen LogP contribution in [0.15, 0.2) is 18.3 Å². The lowest BCUT2D eigenvalue weighted by atomic mass is 9.84. The Balaban J connectivity index is 1.58. The van der Waals surface area contributed by atoms with Crippen molar-refractivity contribution < 1.29 is 0 Å². The van der Waals surface area contributed by atoms with Crippen LogP contribution in [0.1, 0.15) is 12.8 Å². The monoisotopic (exact) mass is 277 g/mol. The molecule has 5 nitrogen and oxygen atoms in total. The maximum atomic E-state index is 5.96. The van der Waals surface area contributed by atoms with Crippen molar-refractivity contribution in [3.63, 3.8) is 0 Å². The smallest absolute Gasteiger partial charge is 0.243 e. The molecule has 6 heteroatoms. The number of anilines is 1. The lowest BCUT2D eigenvalue weighted by Gasteiger charge is -2.44. The number of fused-ring (bicyclic) bond motifs is 4. The van der Waals surface area contributed by atoms with Gasteiger partial charge in [0.2, 0.25) is 5.95 Å². The van der Waals surface area contributed by atoms with Crippen LogP contribution in [0.2, 0.25) is 5.02 Å². The van der Waals surface area contributed by atoms with Gasteiger partial charge in [-0.3, -0.25) is 0 Å². The van der Waals surface area contributed by atoms with Crippen LogP contribution in [0.25, 0.3) is 5.65 Å². The number of halogens is 1. The highest BCUT2D eigenvalue weighted by Gasteiger charge is 2.34. The molecule has 3 saturated heterocycles. The predicted octanol–water partition coefficient (Wildman–Crippen LogP) is 1.89. The van der Waals surface area contributed by atoms with Gasteiger partial charge in [-0.2, -0.15) is 4.98 Å². The predicted molar refractivity (Wildman–Crippen MR) is 74.6 cm³/mol. The number of rotatable bonds is 2. The number of pyridine rings is 1. The van der Waals surface area contributed by atoms with Crippen molar-refractivity contribution in [1.82, 2.24) is 19.5 Å². The highest BCUT2D eigenvalue weighted by Crippen LogP contribution is 2.29. The molecule has 5 rings (SSSR count). The summed E-state index contributed by atoms with van der Waals surface area (Å²) in [6, 6.07) is 4.20. The molecule has 2 aromatic heterocycles. The molecule has 0 aromatic carbocycles. The molecule has 1 N–H and O–H groups in total.